The minimum Gasteiger partial charge on any atom is -0.446 e. The number of anilines is 1. The first-order valence-electron chi connectivity index (χ1n) is 14.5. The van der Waals surface area contributed by atoms with Crippen LogP contribution in [-0.2, 0) is 9.53 Å². The average molecular weight is 548 g/mol. The lowest BCUT2D eigenvalue weighted by Crippen LogP contribution is -2.43. The van der Waals surface area contributed by atoms with Crippen molar-refractivity contribution in [3.63, 3.8) is 0 Å². The van der Waals surface area contributed by atoms with Crippen LogP contribution in [0.25, 0.3) is 0 Å². The van der Waals surface area contributed by atoms with E-state index in [1.807, 2.05) is 55.1 Å². The summed E-state index contributed by atoms with van der Waals surface area (Å²) in [5, 5.41) is 0. The predicted octanol–water partition coefficient (Wildman–Crippen LogP) is 3.75. The van der Waals surface area contributed by atoms with Gasteiger partial charge in [0.15, 0.2) is 0 Å². The van der Waals surface area contributed by atoms with Gasteiger partial charge in [-0.15, -0.1) is 0 Å². The van der Waals surface area contributed by atoms with Gasteiger partial charge in [0, 0.05) is 77.5 Å². The molecule has 3 amide bonds. The Balaban J connectivity index is 1.11. The van der Waals surface area contributed by atoms with Crippen LogP contribution in [0.1, 0.15) is 47.8 Å². The molecule has 0 spiro atoms. The second-order valence-corrected chi connectivity index (χ2v) is 11.5. The van der Waals surface area contributed by atoms with Crippen LogP contribution in [0.2, 0.25) is 0 Å². The number of aryl methyl sites for hydroxylation is 2. The highest BCUT2D eigenvalue weighted by atomic mass is 16.6. The second kappa shape index (κ2) is 12.4. The molecule has 0 saturated carbocycles. The summed E-state index contributed by atoms with van der Waals surface area (Å²) in [6.07, 6.45) is 3.45. The summed E-state index contributed by atoms with van der Waals surface area (Å²) in [7, 11) is 0. The minimum atomic E-state index is -0.319. The first-order chi connectivity index (χ1) is 19.3. The van der Waals surface area contributed by atoms with Crippen molar-refractivity contribution in [1.82, 2.24) is 19.7 Å². The van der Waals surface area contributed by atoms with Crippen molar-refractivity contribution in [2.75, 3.05) is 57.3 Å². The van der Waals surface area contributed by atoms with Gasteiger partial charge in [0.2, 0.25) is 5.91 Å². The Morgan fingerprint density at radius 2 is 1.62 bits per heavy atom. The van der Waals surface area contributed by atoms with E-state index in [1.54, 1.807) is 22.9 Å². The Labute approximate surface area is 237 Å². The summed E-state index contributed by atoms with van der Waals surface area (Å²) in [6.45, 7) is 11.7. The summed E-state index contributed by atoms with van der Waals surface area (Å²) < 4.78 is 5.90. The number of pyridine rings is 1. The molecule has 9 nitrogen and oxygen atoms in total. The summed E-state index contributed by atoms with van der Waals surface area (Å²) in [5.41, 5.74) is 3.37. The topological polar surface area (TPSA) is 86.3 Å². The normalized spacial score (nSPS) is 21.4. The number of carbonyl (C=O) groups excluding carboxylic acids is 3. The van der Waals surface area contributed by atoms with Crippen molar-refractivity contribution in [1.29, 1.82) is 0 Å². The Kier molecular flexibility index (Phi) is 8.69. The van der Waals surface area contributed by atoms with Gasteiger partial charge in [-0.1, -0.05) is 18.2 Å². The van der Waals surface area contributed by atoms with Gasteiger partial charge in [-0.25, -0.2) is 4.79 Å². The lowest BCUT2D eigenvalue weighted by Gasteiger charge is -2.32. The molecule has 3 fully saturated rings. The first kappa shape index (κ1) is 28.1. The molecule has 2 aromatic rings. The van der Waals surface area contributed by atoms with Gasteiger partial charge in [0.25, 0.3) is 5.91 Å². The van der Waals surface area contributed by atoms with Crippen LogP contribution in [-0.4, -0.2) is 96.1 Å². The summed E-state index contributed by atoms with van der Waals surface area (Å²) in [5.74, 6) is 1.14. The third-order valence-electron chi connectivity index (χ3n) is 8.71. The van der Waals surface area contributed by atoms with E-state index in [9.17, 15) is 14.4 Å². The van der Waals surface area contributed by atoms with Gasteiger partial charge in [-0.2, -0.15) is 0 Å². The van der Waals surface area contributed by atoms with Crippen molar-refractivity contribution < 1.29 is 19.1 Å². The zero-order valence-corrected chi connectivity index (χ0v) is 23.9. The smallest absolute Gasteiger partial charge is 0.414 e. The lowest BCUT2D eigenvalue weighted by atomic mass is 10.0. The molecular formula is C31H41N5O4. The second-order valence-electron chi connectivity index (χ2n) is 11.5. The average Bonchev–Trinajstić information content (AvgIpc) is 3.51. The summed E-state index contributed by atoms with van der Waals surface area (Å²) in [6, 6.07) is 11.6. The van der Waals surface area contributed by atoms with Crippen molar-refractivity contribution in [3.8, 4) is 0 Å². The maximum Gasteiger partial charge on any atom is 0.414 e. The molecule has 2 atom stereocenters. The van der Waals surface area contributed by atoms with Crippen LogP contribution in [0.5, 0.6) is 0 Å². The molecule has 40 heavy (non-hydrogen) atoms. The van der Waals surface area contributed by atoms with Gasteiger partial charge < -0.3 is 19.4 Å². The van der Waals surface area contributed by atoms with E-state index in [-0.39, 0.29) is 24.0 Å². The zero-order valence-electron chi connectivity index (χ0n) is 23.9. The molecule has 4 heterocycles. The van der Waals surface area contributed by atoms with E-state index in [0.29, 0.717) is 44.3 Å². The Bertz CT molecular complexity index is 1180. The maximum atomic E-state index is 13.2. The van der Waals surface area contributed by atoms with Crippen LogP contribution >= 0.6 is 0 Å². The molecule has 0 aliphatic carbocycles. The highest BCUT2D eigenvalue weighted by molar-refractivity contribution is 5.96. The van der Waals surface area contributed by atoms with Gasteiger partial charge in [-0.05, 0) is 62.4 Å². The molecule has 0 radical (unpaired) electrons. The van der Waals surface area contributed by atoms with Crippen LogP contribution in [0.15, 0.2) is 42.6 Å². The lowest BCUT2D eigenvalue weighted by molar-refractivity contribution is -0.130. The molecule has 3 saturated heterocycles. The van der Waals surface area contributed by atoms with E-state index >= 15 is 0 Å². The van der Waals surface area contributed by atoms with Crippen molar-refractivity contribution in [3.05, 3.63) is 59.4 Å². The fraction of sp³-hybridized carbons (Fsp3) is 0.548. The molecule has 3 aliphatic heterocycles. The molecule has 2 unspecified atom stereocenters. The number of rotatable bonds is 7. The van der Waals surface area contributed by atoms with E-state index in [1.165, 1.54) is 0 Å². The molecule has 0 bridgehead atoms. The number of likely N-dealkylation sites (tertiary alicyclic amines) is 3. The molecule has 3 aliphatic rings. The third-order valence-corrected chi connectivity index (χ3v) is 8.71. The molecule has 1 aromatic carbocycles. The number of piperidine rings is 1. The highest BCUT2D eigenvalue weighted by Crippen LogP contribution is 2.32. The number of nitrogens with zero attached hydrogens (tertiary/aromatic N) is 5. The van der Waals surface area contributed by atoms with E-state index in [4.69, 9.17) is 4.74 Å². The summed E-state index contributed by atoms with van der Waals surface area (Å²) in [4.78, 5) is 50.5. The van der Waals surface area contributed by atoms with Crippen LogP contribution in [0.3, 0.4) is 0 Å². The van der Waals surface area contributed by atoms with Gasteiger partial charge >= 0.3 is 6.09 Å². The number of amides is 3. The number of hydrogen-bond acceptors (Lipinski definition) is 6. The quantitative estimate of drug-likeness (QED) is 0.525. The first-order valence-corrected chi connectivity index (χ1v) is 14.5. The number of ether oxygens (including phenoxy) is 1. The highest BCUT2D eigenvalue weighted by Gasteiger charge is 2.42. The van der Waals surface area contributed by atoms with Crippen molar-refractivity contribution in [2.24, 2.45) is 11.8 Å². The largest absolute Gasteiger partial charge is 0.446 e. The zero-order chi connectivity index (χ0) is 28.2. The fourth-order valence-electron chi connectivity index (χ4n) is 6.50. The van der Waals surface area contributed by atoms with E-state index in [0.717, 1.165) is 61.7 Å². The van der Waals surface area contributed by atoms with Crippen LogP contribution < -0.4 is 4.90 Å². The van der Waals surface area contributed by atoms with Gasteiger partial charge in [0.05, 0.1) is 11.3 Å². The number of hydrogen-bond donors (Lipinski definition) is 0. The molecule has 5 rings (SSSR count). The Morgan fingerprint density at radius 3 is 2.25 bits per heavy atom. The van der Waals surface area contributed by atoms with Crippen LogP contribution in [0.4, 0.5) is 10.5 Å². The van der Waals surface area contributed by atoms with Gasteiger partial charge in [-0.3, -0.25) is 19.5 Å². The SMILES string of the molecule is CC(=O)N1CCC(OC(=O)N(CCCN2CC3CN(C(=O)c4c(C)ccnc4C)CC3C2)c2ccccc2)CC1. The third kappa shape index (κ3) is 6.30. The maximum absolute atomic E-state index is 13.2. The summed E-state index contributed by atoms with van der Waals surface area (Å²) >= 11 is 0. The van der Waals surface area contributed by atoms with E-state index in [2.05, 4.69) is 9.88 Å². The minimum absolute atomic E-state index is 0.0692. The van der Waals surface area contributed by atoms with E-state index < -0.39 is 0 Å². The molecule has 0 N–H and O–H groups in total. The van der Waals surface area contributed by atoms with Crippen molar-refractivity contribution in [2.45, 2.75) is 46.1 Å². The number of aromatic nitrogens is 1. The van der Waals surface area contributed by atoms with Crippen LogP contribution in [0, 0.1) is 25.7 Å². The molecule has 1 aromatic heterocycles. The van der Waals surface area contributed by atoms with Gasteiger partial charge in [0.1, 0.15) is 6.10 Å². The Morgan fingerprint density at radius 1 is 0.950 bits per heavy atom. The molecule has 214 valence electrons. The standard InChI is InChI=1S/C31H41N5O4/c1-22-10-13-32-23(2)29(22)30(38)35-20-25-18-33(19-26(25)21-35)14-7-15-36(27-8-5-4-6-9-27)31(39)40-28-11-16-34(17-12-28)24(3)37/h4-6,8-10,13,25-26,28H,7,11-12,14-21H2,1-3H3. The molecular weight excluding hydrogens is 506 g/mol. The number of carbonyl (C=O) groups is 3. The monoisotopic (exact) mass is 547 g/mol. The molecule has 9 heteroatoms. The number of benzene rings is 1. The van der Waals surface area contributed by atoms with Crippen molar-refractivity contribution >= 4 is 23.6 Å². The Hall–Kier alpha value is -3.46. The fourth-order valence-corrected chi connectivity index (χ4v) is 6.50. The number of para-hydroxylation sites is 1. The predicted molar refractivity (Wildman–Crippen MR) is 153 cm³/mol. The number of fused-ring (bicyclic) bond motifs is 1.